The molecule has 0 radical (unpaired) electrons. The number of amides is 1. The highest BCUT2D eigenvalue weighted by Gasteiger charge is 2.18. The first-order chi connectivity index (χ1) is 12.3. The summed E-state index contributed by atoms with van der Waals surface area (Å²) in [5.41, 5.74) is 1.64. The van der Waals surface area contributed by atoms with Gasteiger partial charge >= 0.3 is 0 Å². The van der Waals surface area contributed by atoms with E-state index >= 15 is 0 Å². The maximum Gasteiger partial charge on any atom is 0.256 e. The summed E-state index contributed by atoms with van der Waals surface area (Å²) >= 11 is 0. The van der Waals surface area contributed by atoms with Crippen LogP contribution in [0.15, 0.2) is 66.7 Å². The minimum atomic E-state index is -3.47. The molecule has 1 amide bonds. The monoisotopic (exact) mass is 368 g/mol. The SMILES string of the molecule is CN(Cc1cccc2ccccc12)C(=O)c1ccccc1NS(C)(=O)=O. The summed E-state index contributed by atoms with van der Waals surface area (Å²) in [4.78, 5) is 14.5. The third-order valence-electron chi connectivity index (χ3n) is 4.09. The Kier molecular flexibility index (Phi) is 4.95. The zero-order valence-corrected chi connectivity index (χ0v) is 15.5. The van der Waals surface area contributed by atoms with Gasteiger partial charge in [-0.3, -0.25) is 9.52 Å². The van der Waals surface area contributed by atoms with Crippen LogP contribution in [0, 0.1) is 0 Å². The molecule has 0 aliphatic carbocycles. The third-order valence-corrected chi connectivity index (χ3v) is 4.68. The highest BCUT2D eigenvalue weighted by Crippen LogP contribution is 2.22. The Morgan fingerprint density at radius 2 is 1.62 bits per heavy atom. The van der Waals surface area contributed by atoms with Gasteiger partial charge < -0.3 is 4.90 Å². The Balaban J connectivity index is 1.89. The van der Waals surface area contributed by atoms with Crippen LogP contribution in [-0.2, 0) is 16.6 Å². The predicted molar refractivity (Wildman–Crippen MR) is 105 cm³/mol. The van der Waals surface area contributed by atoms with Crippen molar-refractivity contribution in [2.45, 2.75) is 6.54 Å². The first-order valence-corrected chi connectivity index (χ1v) is 10.0. The Hall–Kier alpha value is -2.86. The molecular formula is C20H20N2O3S. The van der Waals surface area contributed by atoms with Crippen LogP contribution < -0.4 is 4.72 Å². The van der Waals surface area contributed by atoms with Gasteiger partial charge in [0.15, 0.2) is 0 Å². The van der Waals surface area contributed by atoms with Crippen LogP contribution in [0.25, 0.3) is 10.8 Å². The molecule has 0 spiro atoms. The number of sulfonamides is 1. The highest BCUT2D eigenvalue weighted by atomic mass is 32.2. The summed E-state index contributed by atoms with van der Waals surface area (Å²) in [5.74, 6) is -0.246. The number of benzene rings is 3. The lowest BCUT2D eigenvalue weighted by Gasteiger charge is -2.20. The van der Waals surface area contributed by atoms with Crippen LogP contribution in [0.2, 0.25) is 0 Å². The standard InChI is InChI=1S/C20H20N2O3S/c1-22(14-16-10-7-9-15-8-3-4-11-17(15)16)20(23)18-12-5-6-13-19(18)21-26(2,24)25/h3-13,21H,14H2,1-2H3. The lowest BCUT2D eigenvalue weighted by atomic mass is 10.0. The number of nitrogens with zero attached hydrogens (tertiary/aromatic N) is 1. The van der Waals surface area contributed by atoms with E-state index in [0.29, 0.717) is 12.1 Å². The molecule has 0 aliphatic rings. The first-order valence-electron chi connectivity index (χ1n) is 8.14. The van der Waals surface area contributed by atoms with Gasteiger partial charge in [-0.05, 0) is 28.5 Å². The molecule has 0 heterocycles. The molecular weight excluding hydrogens is 348 g/mol. The van der Waals surface area contributed by atoms with Crippen molar-refractivity contribution in [2.24, 2.45) is 0 Å². The van der Waals surface area contributed by atoms with Crippen LogP contribution in [0.3, 0.4) is 0 Å². The van der Waals surface area contributed by atoms with Crippen molar-refractivity contribution in [1.29, 1.82) is 0 Å². The zero-order valence-electron chi connectivity index (χ0n) is 14.6. The molecule has 3 aromatic carbocycles. The van der Waals surface area contributed by atoms with E-state index in [2.05, 4.69) is 4.72 Å². The van der Waals surface area contributed by atoms with Crippen LogP contribution in [0.4, 0.5) is 5.69 Å². The van der Waals surface area contributed by atoms with Gasteiger partial charge in [0.25, 0.3) is 5.91 Å². The van der Waals surface area contributed by atoms with Gasteiger partial charge in [0.2, 0.25) is 10.0 Å². The van der Waals surface area contributed by atoms with E-state index in [1.807, 2.05) is 42.5 Å². The molecule has 0 unspecified atom stereocenters. The van der Waals surface area contributed by atoms with Crippen molar-refractivity contribution >= 4 is 32.4 Å². The van der Waals surface area contributed by atoms with Crippen molar-refractivity contribution in [3.05, 3.63) is 77.9 Å². The molecule has 0 saturated carbocycles. The smallest absolute Gasteiger partial charge is 0.256 e. The van der Waals surface area contributed by atoms with Gasteiger partial charge in [-0.1, -0.05) is 54.6 Å². The molecule has 3 rings (SSSR count). The molecule has 0 aromatic heterocycles. The van der Waals surface area contributed by atoms with E-state index in [1.165, 1.54) is 0 Å². The molecule has 0 aliphatic heterocycles. The fourth-order valence-electron chi connectivity index (χ4n) is 2.92. The predicted octanol–water partition coefficient (Wildman–Crippen LogP) is 3.48. The molecule has 6 heteroatoms. The van der Waals surface area contributed by atoms with Crippen LogP contribution >= 0.6 is 0 Å². The minimum Gasteiger partial charge on any atom is -0.337 e. The van der Waals surface area contributed by atoms with E-state index in [4.69, 9.17) is 0 Å². The lowest BCUT2D eigenvalue weighted by Crippen LogP contribution is -2.27. The van der Waals surface area contributed by atoms with Crippen LogP contribution in [0.1, 0.15) is 15.9 Å². The number of fused-ring (bicyclic) bond motifs is 1. The number of rotatable bonds is 5. The van der Waals surface area contributed by atoms with Crippen molar-refractivity contribution in [2.75, 3.05) is 18.0 Å². The fraction of sp³-hybridized carbons (Fsp3) is 0.150. The Morgan fingerprint density at radius 1 is 0.962 bits per heavy atom. The van der Waals surface area contributed by atoms with Gasteiger partial charge in [-0.25, -0.2) is 8.42 Å². The van der Waals surface area contributed by atoms with E-state index in [9.17, 15) is 13.2 Å². The number of carbonyl (C=O) groups is 1. The third kappa shape index (κ3) is 4.03. The lowest BCUT2D eigenvalue weighted by molar-refractivity contribution is 0.0786. The second-order valence-corrected chi connectivity index (χ2v) is 7.97. The van der Waals surface area contributed by atoms with Gasteiger partial charge in [0.05, 0.1) is 17.5 Å². The molecule has 0 bridgehead atoms. The Morgan fingerprint density at radius 3 is 2.38 bits per heavy atom. The van der Waals surface area contributed by atoms with Crippen molar-refractivity contribution < 1.29 is 13.2 Å². The van der Waals surface area contributed by atoms with E-state index in [0.717, 1.165) is 22.6 Å². The summed E-state index contributed by atoms with van der Waals surface area (Å²) in [6.45, 7) is 0.424. The van der Waals surface area contributed by atoms with E-state index in [-0.39, 0.29) is 11.6 Å². The average molecular weight is 368 g/mol. The normalized spacial score (nSPS) is 11.3. The molecule has 134 valence electrons. The first kappa shape index (κ1) is 17.9. The largest absolute Gasteiger partial charge is 0.337 e. The summed E-state index contributed by atoms with van der Waals surface area (Å²) in [7, 11) is -1.76. The number of hydrogen-bond donors (Lipinski definition) is 1. The minimum absolute atomic E-state index is 0.246. The summed E-state index contributed by atoms with van der Waals surface area (Å²) in [6.07, 6.45) is 1.06. The van der Waals surface area contributed by atoms with E-state index in [1.54, 1.807) is 36.2 Å². The molecule has 0 fully saturated rings. The van der Waals surface area contributed by atoms with E-state index < -0.39 is 10.0 Å². The average Bonchev–Trinajstić information content (AvgIpc) is 2.60. The molecule has 3 aromatic rings. The number of carbonyl (C=O) groups excluding carboxylic acids is 1. The van der Waals surface area contributed by atoms with Crippen molar-refractivity contribution in [3.63, 3.8) is 0 Å². The van der Waals surface area contributed by atoms with Gasteiger partial charge in [-0.2, -0.15) is 0 Å². The zero-order chi connectivity index (χ0) is 18.7. The number of anilines is 1. The summed E-state index contributed by atoms with van der Waals surface area (Å²) in [6, 6.07) is 20.6. The highest BCUT2D eigenvalue weighted by molar-refractivity contribution is 7.92. The molecule has 0 saturated heterocycles. The Bertz CT molecular complexity index is 1060. The molecule has 5 nitrogen and oxygen atoms in total. The summed E-state index contributed by atoms with van der Waals surface area (Å²) < 4.78 is 25.5. The second kappa shape index (κ2) is 7.17. The van der Waals surface area contributed by atoms with Crippen molar-refractivity contribution in [1.82, 2.24) is 4.90 Å². The van der Waals surface area contributed by atoms with Gasteiger partial charge in [0.1, 0.15) is 0 Å². The maximum absolute atomic E-state index is 12.9. The van der Waals surface area contributed by atoms with Gasteiger partial charge in [0, 0.05) is 13.6 Å². The van der Waals surface area contributed by atoms with Crippen LogP contribution in [0.5, 0.6) is 0 Å². The van der Waals surface area contributed by atoms with Gasteiger partial charge in [-0.15, -0.1) is 0 Å². The number of hydrogen-bond acceptors (Lipinski definition) is 3. The number of nitrogens with one attached hydrogen (secondary N) is 1. The quantitative estimate of drug-likeness (QED) is 0.750. The summed E-state index contributed by atoms with van der Waals surface area (Å²) in [5, 5.41) is 2.21. The Labute approximate surface area is 153 Å². The fourth-order valence-corrected chi connectivity index (χ4v) is 3.50. The molecule has 1 N–H and O–H groups in total. The molecule has 0 atom stereocenters. The topological polar surface area (TPSA) is 66.5 Å². The second-order valence-electron chi connectivity index (χ2n) is 6.22. The van der Waals surface area contributed by atoms with Crippen molar-refractivity contribution in [3.8, 4) is 0 Å². The van der Waals surface area contributed by atoms with Crippen LogP contribution in [-0.4, -0.2) is 32.5 Å². The maximum atomic E-state index is 12.9. The number of para-hydroxylation sites is 1. The molecule has 26 heavy (non-hydrogen) atoms.